The summed E-state index contributed by atoms with van der Waals surface area (Å²) in [5, 5.41) is 0. The Kier molecular flexibility index (Phi) is 12.0. The van der Waals surface area contributed by atoms with Crippen molar-refractivity contribution in [2.24, 2.45) is 5.73 Å². The average Bonchev–Trinajstić information content (AvgIpc) is 2.85. The molecule has 1 atom stereocenters. The molecule has 2 rings (SSSR count). The average molecular weight is 446 g/mol. The summed E-state index contributed by atoms with van der Waals surface area (Å²) in [6, 6.07) is 5.25. The Labute approximate surface area is 176 Å². The van der Waals surface area contributed by atoms with E-state index >= 15 is 0 Å². The van der Waals surface area contributed by atoms with Crippen LogP contribution in [0.3, 0.4) is 0 Å². The highest BCUT2D eigenvalue weighted by atomic mass is 35.5. The van der Waals surface area contributed by atoms with Gasteiger partial charge in [-0.25, -0.2) is 0 Å². The lowest BCUT2D eigenvalue weighted by Crippen LogP contribution is -2.38. The molecule has 1 aliphatic rings. The van der Waals surface area contributed by atoms with Gasteiger partial charge in [0, 0.05) is 46.4 Å². The Bertz CT molecular complexity index is 584. The van der Waals surface area contributed by atoms with Crippen LogP contribution < -0.4 is 5.73 Å². The first kappa shape index (κ1) is 26.9. The van der Waals surface area contributed by atoms with Crippen LogP contribution in [0.4, 0.5) is 13.2 Å². The van der Waals surface area contributed by atoms with E-state index in [1.54, 1.807) is 7.11 Å². The van der Waals surface area contributed by atoms with Crippen molar-refractivity contribution in [2.75, 3.05) is 39.8 Å². The van der Waals surface area contributed by atoms with Crippen molar-refractivity contribution in [2.45, 2.75) is 31.7 Å². The molecule has 1 saturated heterocycles. The van der Waals surface area contributed by atoms with Gasteiger partial charge in [-0.3, -0.25) is 9.69 Å². The van der Waals surface area contributed by atoms with Crippen LogP contribution in [0, 0.1) is 0 Å². The SMILES string of the molecule is COC(CN)CC(=O)N1CCCN(Cc2ccc(C(F)(F)F)cc2)CC1.Cl.Cl. The fraction of sp³-hybridized carbons (Fsp3) is 0.611. The molecule has 2 N–H and O–H groups in total. The van der Waals surface area contributed by atoms with E-state index in [2.05, 4.69) is 4.90 Å². The summed E-state index contributed by atoms with van der Waals surface area (Å²) in [5.41, 5.74) is 5.76. The smallest absolute Gasteiger partial charge is 0.380 e. The normalized spacial score (nSPS) is 16.5. The summed E-state index contributed by atoms with van der Waals surface area (Å²) in [5.74, 6) is 0.0266. The Morgan fingerprint density at radius 2 is 1.79 bits per heavy atom. The summed E-state index contributed by atoms with van der Waals surface area (Å²) < 4.78 is 43.0. The van der Waals surface area contributed by atoms with Gasteiger partial charge in [-0.2, -0.15) is 13.2 Å². The van der Waals surface area contributed by atoms with Crippen molar-refractivity contribution in [3.05, 3.63) is 35.4 Å². The summed E-state index contributed by atoms with van der Waals surface area (Å²) in [6.45, 7) is 3.63. The molecule has 1 aromatic carbocycles. The Balaban J connectivity index is 0.00000364. The molecule has 0 saturated carbocycles. The van der Waals surface area contributed by atoms with Gasteiger partial charge >= 0.3 is 6.18 Å². The van der Waals surface area contributed by atoms with Crippen molar-refractivity contribution < 1.29 is 22.7 Å². The van der Waals surface area contributed by atoms with Gasteiger partial charge in [0.1, 0.15) is 0 Å². The van der Waals surface area contributed by atoms with Crippen molar-refractivity contribution in [1.29, 1.82) is 0 Å². The van der Waals surface area contributed by atoms with Crippen LogP contribution >= 0.6 is 24.8 Å². The maximum absolute atomic E-state index is 12.6. The van der Waals surface area contributed by atoms with E-state index in [9.17, 15) is 18.0 Å². The van der Waals surface area contributed by atoms with Crippen molar-refractivity contribution in [3.8, 4) is 0 Å². The Hall–Kier alpha value is -1.06. The molecule has 1 heterocycles. The highest BCUT2D eigenvalue weighted by Crippen LogP contribution is 2.29. The monoisotopic (exact) mass is 445 g/mol. The van der Waals surface area contributed by atoms with E-state index in [-0.39, 0.29) is 43.2 Å². The lowest BCUT2D eigenvalue weighted by atomic mass is 10.1. The molecule has 1 fully saturated rings. The van der Waals surface area contributed by atoms with Crippen molar-refractivity contribution in [1.82, 2.24) is 9.80 Å². The van der Waals surface area contributed by atoms with Crippen LogP contribution in [-0.2, 0) is 22.3 Å². The number of methoxy groups -OCH3 is 1. The van der Waals surface area contributed by atoms with Crippen molar-refractivity contribution >= 4 is 30.7 Å². The van der Waals surface area contributed by atoms with E-state index < -0.39 is 11.7 Å². The summed E-state index contributed by atoms with van der Waals surface area (Å²) >= 11 is 0. The van der Waals surface area contributed by atoms with Gasteiger partial charge in [-0.15, -0.1) is 24.8 Å². The first-order chi connectivity index (χ1) is 12.3. The van der Waals surface area contributed by atoms with Gasteiger partial charge in [0.15, 0.2) is 0 Å². The molecule has 1 aromatic rings. The van der Waals surface area contributed by atoms with Gasteiger partial charge in [-0.05, 0) is 24.1 Å². The third-order valence-corrected chi connectivity index (χ3v) is 4.63. The topological polar surface area (TPSA) is 58.8 Å². The zero-order valence-electron chi connectivity index (χ0n) is 15.8. The second kappa shape index (κ2) is 12.5. The number of nitrogens with zero attached hydrogens (tertiary/aromatic N) is 2. The fourth-order valence-corrected chi connectivity index (χ4v) is 3.02. The van der Waals surface area contributed by atoms with E-state index in [0.717, 1.165) is 30.7 Å². The first-order valence-electron chi connectivity index (χ1n) is 8.72. The Morgan fingerprint density at radius 1 is 1.14 bits per heavy atom. The van der Waals surface area contributed by atoms with Crippen LogP contribution in [0.1, 0.15) is 24.0 Å². The zero-order valence-corrected chi connectivity index (χ0v) is 17.4. The molecule has 1 aliphatic heterocycles. The number of benzene rings is 1. The second-order valence-corrected chi connectivity index (χ2v) is 6.50. The third kappa shape index (κ3) is 8.13. The van der Waals surface area contributed by atoms with Crippen LogP contribution in [-0.4, -0.2) is 61.6 Å². The largest absolute Gasteiger partial charge is 0.416 e. The number of ether oxygens (including phenoxy) is 1. The van der Waals surface area contributed by atoms with Crippen LogP contribution in [0.25, 0.3) is 0 Å². The summed E-state index contributed by atoms with van der Waals surface area (Å²) in [6.07, 6.45) is -3.49. The molecule has 5 nitrogen and oxygen atoms in total. The van der Waals surface area contributed by atoms with Crippen LogP contribution in [0.15, 0.2) is 24.3 Å². The molecule has 0 bridgehead atoms. The zero-order chi connectivity index (χ0) is 19.2. The number of hydrogen-bond acceptors (Lipinski definition) is 4. The third-order valence-electron chi connectivity index (χ3n) is 4.63. The highest BCUT2D eigenvalue weighted by molar-refractivity contribution is 5.85. The quantitative estimate of drug-likeness (QED) is 0.730. The van der Waals surface area contributed by atoms with E-state index in [1.165, 1.54) is 12.1 Å². The lowest BCUT2D eigenvalue weighted by Gasteiger charge is -2.23. The molecule has 0 aromatic heterocycles. The minimum Gasteiger partial charge on any atom is -0.380 e. The molecule has 1 amide bonds. The molecule has 28 heavy (non-hydrogen) atoms. The molecular formula is C18H28Cl2F3N3O2. The standard InChI is InChI=1S/C18H26F3N3O2.2ClH/c1-26-16(12-22)11-17(25)24-8-2-7-23(9-10-24)13-14-3-5-15(6-4-14)18(19,20)21;;/h3-6,16H,2,7-13,22H2,1H3;2*1H. The van der Waals surface area contributed by atoms with E-state index in [1.807, 2.05) is 4.90 Å². The summed E-state index contributed by atoms with van der Waals surface area (Å²) in [4.78, 5) is 16.3. The molecule has 10 heteroatoms. The van der Waals surface area contributed by atoms with Crippen LogP contribution in [0.5, 0.6) is 0 Å². The molecule has 162 valence electrons. The Morgan fingerprint density at radius 3 is 2.32 bits per heavy atom. The minimum absolute atomic E-state index is 0. The van der Waals surface area contributed by atoms with Gasteiger partial charge in [0.2, 0.25) is 5.91 Å². The molecule has 0 radical (unpaired) electrons. The number of amides is 1. The fourth-order valence-electron chi connectivity index (χ4n) is 3.02. The number of nitrogens with two attached hydrogens (primary N) is 1. The number of rotatable bonds is 6. The molecule has 1 unspecified atom stereocenters. The molecule has 0 aliphatic carbocycles. The van der Waals surface area contributed by atoms with Gasteiger partial charge in [0.25, 0.3) is 0 Å². The maximum atomic E-state index is 12.6. The van der Waals surface area contributed by atoms with Crippen LogP contribution in [0.2, 0.25) is 0 Å². The predicted octanol–water partition coefficient (Wildman–Crippen LogP) is 2.95. The lowest BCUT2D eigenvalue weighted by molar-refractivity contribution is -0.137. The maximum Gasteiger partial charge on any atom is 0.416 e. The molecular weight excluding hydrogens is 418 g/mol. The van der Waals surface area contributed by atoms with Gasteiger partial charge < -0.3 is 15.4 Å². The van der Waals surface area contributed by atoms with Crippen molar-refractivity contribution in [3.63, 3.8) is 0 Å². The highest BCUT2D eigenvalue weighted by Gasteiger charge is 2.30. The van der Waals surface area contributed by atoms with Gasteiger partial charge in [0.05, 0.1) is 18.1 Å². The number of carbonyl (C=O) groups is 1. The minimum atomic E-state index is -4.31. The number of hydrogen-bond donors (Lipinski definition) is 1. The second-order valence-electron chi connectivity index (χ2n) is 6.50. The number of carbonyl (C=O) groups excluding carboxylic acids is 1. The van der Waals surface area contributed by atoms with E-state index in [4.69, 9.17) is 10.5 Å². The number of halogens is 5. The summed E-state index contributed by atoms with van der Waals surface area (Å²) in [7, 11) is 1.54. The van der Waals surface area contributed by atoms with E-state index in [0.29, 0.717) is 32.7 Å². The first-order valence-corrected chi connectivity index (χ1v) is 8.72. The van der Waals surface area contributed by atoms with Gasteiger partial charge in [-0.1, -0.05) is 12.1 Å². The number of alkyl halides is 3. The predicted molar refractivity (Wildman–Crippen MR) is 107 cm³/mol. The molecule has 0 spiro atoms.